The predicted molar refractivity (Wildman–Crippen MR) is 74.5 cm³/mol. The van der Waals surface area contributed by atoms with Gasteiger partial charge in [0, 0.05) is 11.3 Å². The molecule has 5 heteroatoms. The van der Waals surface area contributed by atoms with Crippen molar-refractivity contribution >= 4 is 5.69 Å². The van der Waals surface area contributed by atoms with Crippen LogP contribution in [0.2, 0.25) is 0 Å². The van der Waals surface area contributed by atoms with Crippen molar-refractivity contribution in [2.45, 2.75) is 39.2 Å². The minimum absolute atomic E-state index is 0.475. The third-order valence-electron chi connectivity index (χ3n) is 3.88. The molecule has 0 amide bonds. The number of nitrogen functional groups attached to an aromatic ring is 1. The number of anilines is 1. The van der Waals surface area contributed by atoms with E-state index in [1.165, 1.54) is 19.3 Å². The normalized spacial score (nSPS) is 21.6. The summed E-state index contributed by atoms with van der Waals surface area (Å²) >= 11 is 0. The maximum Gasteiger partial charge on any atom is 0.182 e. The SMILES string of the molecule is CCCC1CC1n1nnnc1-c1ccc(N)c(C)c1. The highest BCUT2D eigenvalue weighted by Gasteiger charge is 2.40. The van der Waals surface area contributed by atoms with Crippen molar-refractivity contribution in [2.24, 2.45) is 5.92 Å². The van der Waals surface area contributed by atoms with E-state index in [4.69, 9.17) is 5.73 Å². The molecule has 1 saturated carbocycles. The molecule has 1 fully saturated rings. The molecule has 1 aliphatic rings. The molecule has 1 heterocycles. The molecular weight excluding hydrogens is 238 g/mol. The Morgan fingerprint density at radius 1 is 1.42 bits per heavy atom. The van der Waals surface area contributed by atoms with E-state index in [1.54, 1.807) is 0 Å². The van der Waals surface area contributed by atoms with Crippen molar-refractivity contribution in [3.8, 4) is 11.4 Å². The highest BCUT2D eigenvalue weighted by Crippen LogP contribution is 2.47. The zero-order chi connectivity index (χ0) is 13.4. The van der Waals surface area contributed by atoms with Gasteiger partial charge in [0.1, 0.15) is 0 Å². The van der Waals surface area contributed by atoms with Gasteiger partial charge in [-0.1, -0.05) is 13.3 Å². The van der Waals surface area contributed by atoms with Crippen molar-refractivity contribution in [2.75, 3.05) is 5.73 Å². The summed E-state index contributed by atoms with van der Waals surface area (Å²) in [5, 5.41) is 12.2. The number of benzene rings is 1. The molecule has 3 rings (SSSR count). The molecule has 19 heavy (non-hydrogen) atoms. The first-order valence-electron chi connectivity index (χ1n) is 6.85. The Kier molecular flexibility index (Phi) is 2.97. The van der Waals surface area contributed by atoms with E-state index in [0.29, 0.717) is 6.04 Å². The molecule has 1 aromatic carbocycles. The van der Waals surface area contributed by atoms with Crippen molar-refractivity contribution < 1.29 is 0 Å². The first-order valence-corrected chi connectivity index (χ1v) is 6.85. The van der Waals surface area contributed by atoms with Crippen molar-refractivity contribution in [1.29, 1.82) is 0 Å². The fraction of sp³-hybridized carbons (Fsp3) is 0.500. The van der Waals surface area contributed by atoms with Gasteiger partial charge in [0.05, 0.1) is 6.04 Å². The topological polar surface area (TPSA) is 69.6 Å². The summed E-state index contributed by atoms with van der Waals surface area (Å²) in [6.45, 7) is 4.23. The zero-order valence-electron chi connectivity index (χ0n) is 11.4. The average molecular weight is 257 g/mol. The second kappa shape index (κ2) is 4.64. The van der Waals surface area contributed by atoms with Crippen molar-refractivity contribution in [3.05, 3.63) is 23.8 Å². The van der Waals surface area contributed by atoms with Gasteiger partial charge < -0.3 is 5.73 Å². The van der Waals surface area contributed by atoms with E-state index in [2.05, 4.69) is 28.5 Å². The summed E-state index contributed by atoms with van der Waals surface area (Å²) in [6, 6.07) is 6.43. The number of aromatic nitrogens is 4. The van der Waals surface area contributed by atoms with E-state index < -0.39 is 0 Å². The Balaban J connectivity index is 1.90. The van der Waals surface area contributed by atoms with Gasteiger partial charge >= 0.3 is 0 Å². The fourth-order valence-corrected chi connectivity index (χ4v) is 2.63. The molecule has 1 aromatic heterocycles. The van der Waals surface area contributed by atoms with E-state index in [0.717, 1.165) is 28.6 Å². The minimum atomic E-state index is 0.475. The Hall–Kier alpha value is -1.91. The van der Waals surface area contributed by atoms with Crippen molar-refractivity contribution in [3.63, 3.8) is 0 Å². The summed E-state index contributed by atoms with van der Waals surface area (Å²) in [4.78, 5) is 0. The molecule has 0 spiro atoms. The number of nitrogens with zero attached hydrogens (tertiary/aromatic N) is 4. The first kappa shape index (κ1) is 12.1. The Bertz CT molecular complexity index is 589. The average Bonchev–Trinajstić information content (AvgIpc) is 2.99. The fourth-order valence-electron chi connectivity index (χ4n) is 2.63. The second-order valence-electron chi connectivity index (χ2n) is 5.37. The number of nitrogens with two attached hydrogens (primary N) is 1. The summed E-state index contributed by atoms with van der Waals surface area (Å²) < 4.78 is 1.98. The Morgan fingerprint density at radius 3 is 3.00 bits per heavy atom. The van der Waals surface area contributed by atoms with Crippen LogP contribution in [-0.2, 0) is 0 Å². The third-order valence-corrected chi connectivity index (χ3v) is 3.88. The quantitative estimate of drug-likeness (QED) is 0.855. The molecule has 0 radical (unpaired) electrons. The molecule has 0 aliphatic heterocycles. The lowest BCUT2D eigenvalue weighted by Crippen LogP contribution is -2.02. The number of hydrogen-bond donors (Lipinski definition) is 1. The van der Waals surface area contributed by atoms with E-state index in [-0.39, 0.29) is 0 Å². The summed E-state index contributed by atoms with van der Waals surface area (Å²) in [5.41, 5.74) is 8.76. The zero-order valence-corrected chi connectivity index (χ0v) is 11.4. The molecule has 2 atom stereocenters. The number of rotatable bonds is 4. The van der Waals surface area contributed by atoms with Gasteiger partial charge in [-0.2, -0.15) is 0 Å². The predicted octanol–water partition coefficient (Wildman–Crippen LogP) is 2.59. The molecule has 0 saturated heterocycles. The highest BCUT2D eigenvalue weighted by molar-refractivity contribution is 5.62. The maximum absolute atomic E-state index is 5.86. The highest BCUT2D eigenvalue weighted by atomic mass is 15.6. The second-order valence-corrected chi connectivity index (χ2v) is 5.37. The van der Waals surface area contributed by atoms with E-state index in [9.17, 15) is 0 Å². The monoisotopic (exact) mass is 257 g/mol. The largest absolute Gasteiger partial charge is 0.399 e. The van der Waals surface area contributed by atoms with Crippen LogP contribution in [-0.4, -0.2) is 20.2 Å². The van der Waals surface area contributed by atoms with Gasteiger partial charge in [-0.15, -0.1) is 5.10 Å². The lowest BCUT2D eigenvalue weighted by Gasteiger charge is -2.06. The number of aryl methyl sites for hydroxylation is 1. The van der Waals surface area contributed by atoms with Crippen LogP contribution in [0, 0.1) is 12.8 Å². The molecule has 1 aliphatic carbocycles. The van der Waals surface area contributed by atoms with Crippen LogP contribution in [0.15, 0.2) is 18.2 Å². The molecule has 2 aromatic rings. The smallest absolute Gasteiger partial charge is 0.182 e. The maximum atomic E-state index is 5.86. The molecule has 5 nitrogen and oxygen atoms in total. The lowest BCUT2D eigenvalue weighted by atomic mass is 10.1. The third kappa shape index (κ3) is 2.20. The van der Waals surface area contributed by atoms with Gasteiger partial charge in [-0.05, 0) is 59.9 Å². The van der Waals surface area contributed by atoms with E-state index >= 15 is 0 Å². The van der Waals surface area contributed by atoms with Gasteiger partial charge in [0.25, 0.3) is 0 Å². The molecule has 0 bridgehead atoms. The summed E-state index contributed by atoms with van der Waals surface area (Å²) in [5.74, 6) is 1.59. The number of hydrogen-bond acceptors (Lipinski definition) is 4. The van der Waals surface area contributed by atoms with Crippen LogP contribution < -0.4 is 5.73 Å². The van der Waals surface area contributed by atoms with Crippen LogP contribution >= 0.6 is 0 Å². The number of tetrazole rings is 1. The summed E-state index contributed by atoms with van der Waals surface area (Å²) in [6.07, 6.45) is 3.67. The first-order chi connectivity index (χ1) is 9.20. The lowest BCUT2D eigenvalue weighted by molar-refractivity contribution is 0.548. The van der Waals surface area contributed by atoms with Gasteiger partial charge in [-0.3, -0.25) is 0 Å². The van der Waals surface area contributed by atoms with Crippen molar-refractivity contribution in [1.82, 2.24) is 20.2 Å². The Labute approximate surface area is 112 Å². The Morgan fingerprint density at radius 2 is 2.26 bits per heavy atom. The van der Waals surface area contributed by atoms with Gasteiger partial charge in [0.2, 0.25) is 0 Å². The molecule has 2 unspecified atom stereocenters. The summed E-state index contributed by atoms with van der Waals surface area (Å²) in [7, 11) is 0. The molecular formula is C14H19N5. The van der Waals surface area contributed by atoms with Gasteiger partial charge in [0.15, 0.2) is 5.82 Å². The molecule has 100 valence electrons. The van der Waals surface area contributed by atoms with Crippen LogP contribution in [0.4, 0.5) is 5.69 Å². The standard InChI is InChI=1S/C14H19N5/c1-3-4-10-8-13(10)19-14(16-17-18-19)11-5-6-12(15)9(2)7-11/h5-7,10,13H,3-4,8,15H2,1-2H3. The van der Waals surface area contributed by atoms with E-state index in [1.807, 2.05) is 23.7 Å². The minimum Gasteiger partial charge on any atom is -0.399 e. The van der Waals surface area contributed by atoms with Crippen LogP contribution in [0.1, 0.15) is 37.8 Å². The van der Waals surface area contributed by atoms with Gasteiger partial charge in [-0.25, -0.2) is 4.68 Å². The van der Waals surface area contributed by atoms with Crippen LogP contribution in [0.5, 0.6) is 0 Å². The molecule has 2 N–H and O–H groups in total. The van der Waals surface area contributed by atoms with Crippen LogP contribution in [0.25, 0.3) is 11.4 Å². The van der Waals surface area contributed by atoms with Crippen LogP contribution in [0.3, 0.4) is 0 Å².